The Labute approximate surface area is 175 Å². The summed E-state index contributed by atoms with van der Waals surface area (Å²) in [5.74, 6) is 0.342. The van der Waals surface area contributed by atoms with Gasteiger partial charge in [0.2, 0.25) is 5.78 Å². The van der Waals surface area contributed by atoms with Crippen LogP contribution < -0.4 is 4.57 Å². The van der Waals surface area contributed by atoms with Crippen LogP contribution in [-0.2, 0) is 17.8 Å². The van der Waals surface area contributed by atoms with Crippen molar-refractivity contribution < 1.29 is 23.7 Å². The van der Waals surface area contributed by atoms with Gasteiger partial charge >= 0.3 is 5.97 Å². The normalized spacial score (nSPS) is 11.1. The van der Waals surface area contributed by atoms with Crippen LogP contribution in [0.25, 0.3) is 11.0 Å². The molecule has 3 aromatic rings. The van der Waals surface area contributed by atoms with Crippen molar-refractivity contribution in [2.24, 2.45) is 0 Å². The predicted molar refractivity (Wildman–Crippen MR) is 113 cm³/mol. The minimum atomic E-state index is -0.388. The molecule has 0 bridgehead atoms. The molecule has 0 aliphatic carbocycles. The Morgan fingerprint density at radius 2 is 1.83 bits per heavy atom. The molecule has 30 heavy (non-hydrogen) atoms. The number of aryl methyl sites for hydroxylation is 2. The van der Waals surface area contributed by atoms with Crippen LogP contribution in [0.5, 0.6) is 0 Å². The van der Waals surface area contributed by atoms with Gasteiger partial charge in [0.25, 0.3) is 5.82 Å². The van der Waals surface area contributed by atoms with E-state index in [9.17, 15) is 14.4 Å². The van der Waals surface area contributed by atoms with Crippen LogP contribution in [0.2, 0.25) is 0 Å². The molecule has 0 saturated heterocycles. The lowest BCUT2D eigenvalue weighted by Crippen LogP contribution is -2.35. The molecule has 2 heterocycles. The average molecular weight is 410 g/mol. The SMILES string of the molecule is CCOC(=O)c1ccc2c(c1)n(CC(=O)c1[nH]c(C)c(C(C)=O)c1C)c(C)[n+]2CC. The van der Waals surface area contributed by atoms with Crippen molar-refractivity contribution in [3.8, 4) is 0 Å². The van der Waals surface area contributed by atoms with Crippen LogP contribution in [0.4, 0.5) is 0 Å². The number of fused-ring (bicyclic) bond motifs is 1. The number of esters is 1. The highest BCUT2D eigenvalue weighted by molar-refractivity contribution is 6.03. The minimum Gasteiger partial charge on any atom is -0.462 e. The maximum atomic E-state index is 13.2. The minimum absolute atomic E-state index is 0.0641. The van der Waals surface area contributed by atoms with Crippen molar-refractivity contribution in [3.63, 3.8) is 0 Å². The van der Waals surface area contributed by atoms with Gasteiger partial charge in [-0.1, -0.05) is 0 Å². The third-order valence-electron chi connectivity index (χ3n) is 5.54. The lowest BCUT2D eigenvalue weighted by atomic mass is 10.1. The van der Waals surface area contributed by atoms with E-state index in [2.05, 4.69) is 9.55 Å². The highest BCUT2D eigenvalue weighted by atomic mass is 16.5. The van der Waals surface area contributed by atoms with E-state index in [1.165, 1.54) is 6.92 Å². The van der Waals surface area contributed by atoms with E-state index in [0.717, 1.165) is 23.4 Å². The molecule has 0 amide bonds. The van der Waals surface area contributed by atoms with Gasteiger partial charge in [0.05, 0.1) is 24.4 Å². The molecule has 3 rings (SSSR count). The van der Waals surface area contributed by atoms with Gasteiger partial charge in [0.1, 0.15) is 0 Å². The van der Waals surface area contributed by atoms with E-state index in [1.807, 2.05) is 24.5 Å². The first kappa shape index (κ1) is 21.5. The molecule has 0 aliphatic heterocycles. The third kappa shape index (κ3) is 3.56. The van der Waals surface area contributed by atoms with Crippen molar-refractivity contribution in [2.75, 3.05) is 6.61 Å². The molecular formula is C23H28N3O4+. The van der Waals surface area contributed by atoms with E-state index in [1.54, 1.807) is 32.9 Å². The number of carbonyl (C=O) groups is 3. The zero-order valence-corrected chi connectivity index (χ0v) is 18.4. The van der Waals surface area contributed by atoms with Crippen molar-refractivity contribution in [1.82, 2.24) is 9.55 Å². The summed E-state index contributed by atoms with van der Waals surface area (Å²) in [5, 5.41) is 0. The predicted octanol–water partition coefficient (Wildman–Crippen LogP) is 3.46. The number of ether oxygens (including phenoxy) is 1. The summed E-state index contributed by atoms with van der Waals surface area (Å²) in [5.41, 5.74) is 4.58. The summed E-state index contributed by atoms with van der Waals surface area (Å²) in [6.07, 6.45) is 0. The summed E-state index contributed by atoms with van der Waals surface area (Å²) >= 11 is 0. The number of aromatic amines is 1. The molecule has 0 fully saturated rings. The highest BCUT2D eigenvalue weighted by Gasteiger charge is 2.27. The van der Waals surface area contributed by atoms with E-state index in [4.69, 9.17) is 4.74 Å². The molecule has 2 aromatic heterocycles. The molecule has 0 radical (unpaired) electrons. The Morgan fingerprint density at radius 3 is 2.40 bits per heavy atom. The second-order valence-electron chi connectivity index (χ2n) is 7.41. The van der Waals surface area contributed by atoms with Crippen LogP contribution in [0.3, 0.4) is 0 Å². The number of imidazole rings is 1. The fourth-order valence-corrected chi connectivity index (χ4v) is 4.18. The van der Waals surface area contributed by atoms with E-state index in [-0.39, 0.29) is 24.1 Å². The van der Waals surface area contributed by atoms with Crippen LogP contribution in [0.15, 0.2) is 18.2 Å². The first-order valence-corrected chi connectivity index (χ1v) is 10.1. The Bertz CT molecular complexity index is 1170. The monoisotopic (exact) mass is 410 g/mol. The zero-order valence-electron chi connectivity index (χ0n) is 18.4. The first-order chi connectivity index (χ1) is 14.2. The molecule has 158 valence electrons. The summed E-state index contributed by atoms with van der Waals surface area (Å²) in [7, 11) is 0. The van der Waals surface area contributed by atoms with Crippen molar-refractivity contribution >= 4 is 28.6 Å². The number of hydrogen-bond acceptors (Lipinski definition) is 4. The fourth-order valence-electron chi connectivity index (χ4n) is 4.18. The topological polar surface area (TPSA) is 85.0 Å². The van der Waals surface area contributed by atoms with Crippen LogP contribution >= 0.6 is 0 Å². The van der Waals surface area contributed by atoms with Gasteiger partial charge in [0, 0.05) is 24.2 Å². The molecule has 0 unspecified atom stereocenters. The second kappa shape index (κ2) is 8.26. The molecule has 7 nitrogen and oxygen atoms in total. The van der Waals surface area contributed by atoms with Crippen molar-refractivity contribution in [2.45, 2.75) is 54.6 Å². The highest BCUT2D eigenvalue weighted by Crippen LogP contribution is 2.22. The maximum Gasteiger partial charge on any atom is 0.338 e. The molecule has 1 N–H and O–H groups in total. The molecule has 1 aromatic carbocycles. The molecule has 0 atom stereocenters. The number of Topliss-reactive ketones (excluding diaryl/α,β-unsaturated/α-hetero) is 2. The quantitative estimate of drug-likeness (QED) is 0.367. The van der Waals surface area contributed by atoms with E-state index >= 15 is 0 Å². The summed E-state index contributed by atoms with van der Waals surface area (Å²) in [4.78, 5) is 40.4. The van der Waals surface area contributed by atoms with Gasteiger partial charge in [-0.25, -0.2) is 13.9 Å². The smallest absolute Gasteiger partial charge is 0.338 e. The summed E-state index contributed by atoms with van der Waals surface area (Å²) < 4.78 is 9.14. The number of nitrogens with zero attached hydrogens (tertiary/aromatic N) is 2. The van der Waals surface area contributed by atoms with Gasteiger partial charge in [-0.15, -0.1) is 0 Å². The number of hydrogen-bond donors (Lipinski definition) is 1. The average Bonchev–Trinajstić information content (AvgIpc) is 3.14. The standard InChI is InChI=1S/C23H27N3O4/c1-7-25-16(6)26(19-11-17(9-10-18(19)25)23(29)30-8-2)12-20(28)22-13(3)21(15(5)27)14(4)24-22/h9-11H,7-8,12H2,1-6H3/p+1. The summed E-state index contributed by atoms with van der Waals surface area (Å²) in [6, 6.07) is 5.40. The lowest BCUT2D eigenvalue weighted by molar-refractivity contribution is -0.674. The number of H-pyrrole nitrogens is 1. The second-order valence-corrected chi connectivity index (χ2v) is 7.41. The Kier molecular flexibility index (Phi) is 5.92. The lowest BCUT2D eigenvalue weighted by Gasteiger charge is -2.03. The summed E-state index contributed by atoms with van der Waals surface area (Å²) in [6.45, 7) is 12.0. The Morgan fingerprint density at radius 1 is 1.13 bits per heavy atom. The number of carbonyl (C=O) groups excluding carboxylic acids is 3. The van der Waals surface area contributed by atoms with Crippen LogP contribution in [0.1, 0.15) is 69.1 Å². The first-order valence-electron chi connectivity index (χ1n) is 10.1. The van der Waals surface area contributed by atoms with Gasteiger partial charge in [-0.2, -0.15) is 0 Å². The van der Waals surface area contributed by atoms with E-state index in [0.29, 0.717) is 34.7 Å². The van der Waals surface area contributed by atoms with Crippen molar-refractivity contribution in [1.29, 1.82) is 0 Å². The van der Waals surface area contributed by atoms with E-state index < -0.39 is 0 Å². The van der Waals surface area contributed by atoms with Gasteiger partial charge in [0.15, 0.2) is 23.4 Å². The maximum absolute atomic E-state index is 13.2. The number of nitrogens with one attached hydrogen (secondary N) is 1. The Hall–Kier alpha value is -3.22. The molecule has 0 spiro atoms. The van der Waals surface area contributed by atoms with Gasteiger partial charge in [-0.3, -0.25) is 9.59 Å². The zero-order chi connectivity index (χ0) is 22.2. The molecular weight excluding hydrogens is 382 g/mol. The number of aromatic nitrogens is 3. The molecule has 0 saturated carbocycles. The third-order valence-corrected chi connectivity index (χ3v) is 5.54. The molecule has 0 aliphatic rings. The van der Waals surface area contributed by atoms with Crippen LogP contribution in [-0.4, -0.2) is 33.7 Å². The van der Waals surface area contributed by atoms with Crippen molar-refractivity contribution in [3.05, 3.63) is 52.1 Å². The largest absolute Gasteiger partial charge is 0.462 e. The molecule has 7 heteroatoms. The number of benzene rings is 1. The number of ketones is 2. The van der Waals surface area contributed by atoms with Gasteiger partial charge < -0.3 is 9.72 Å². The fraction of sp³-hybridized carbons (Fsp3) is 0.391. The Balaban J connectivity index is 2.09. The van der Waals surface area contributed by atoms with Gasteiger partial charge in [-0.05, 0) is 52.3 Å². The van der Waals surface area contributed by atoms with Crippen LogP contribution in [0, 0.1) is 20.8 Å². The number of rotatable bonds is 7.